The third-order valence-electron chi connectivity index (χ3n) is 3.62. The van der Waals surface area contributed by atoms with Gasteiger partial charge >= 0.3 is 0 Å². The van der Waals surface area contributed by atoms with Gasteiger partial charge in [0, 0.05) is 18.0 Å². The lowest BCUT2D eigenvalue weighted by atomic mass is 10.0. The molecule has 116 valence electrons. The van der Waals surface area contributed by atoms with E-state index >= 15 is 0 Å². The van der Waals surface area contributed by atoms with Crippen molar-refractivity contribution in [1.29, 1.82) is 0 Å². The molecule has 0 aliphatic rings. The fraction of sp³-hybridized carbons (Fsp3) is 0.316. The highest BCUT2D eigenvalue weighted by molar-refractivity contribution is 5.94. The van der Waals surface area contributed by atoms with Crippen LogP contribution in [-0.2, 0) is 0 Å². The molecule has 3 nitrogen and oxygen atoms in total. The number of carbonyl (C=O) groups excluding carboxylic acids is 1. The lowest BCUT2D eigenvalue weighted by Crippen LogP contribution is -3.06. The van der Waals surface area contributed by atoms with Gasteiger partial charge in [-0.2, -0.15) is 0 Å². The predicted octanol–water partition coefficient (Wildman–Crippen LogP) is 1.86. The molecule has 0 unspecified atom stereocenters. The Bertz CT molecular complexity index is 591. The molecule has 22 heavy (non-hydrogen) atoms. The first kappa shape index (κ1) is 16.2. The maximum atomic E-state index is 12.2. The van der Waals surface area contributed by atoms with Gasteiger partial charge in [0.15, 0.2) is 0 Å². The Hall–Kier alpha value is -2.13. The van der Waals surface area contributed by atoms with Crippen molar-refractivity contribution in [2.75, 3.05) is 27.2 Å². The summed E-state index contributed by atoms with van der Waals surface area (Å²) in [4.78, 5) is 13.6. The molecule has 1 amide bonds. The van der Waals surface area contributed by atoms with Crippen LogP contribution in [0.2, 0.25) is 0 Å². The fourth-order valence-corrected chi connectivity index (χ4v) is 2.58. The highest BCUT2D eigenvalue weighted by atomic mass is 16.1. The molecule has 0 heterocycles. The van der Waals surface area contributed by atoms with Crippen molar-refractivity contribution in [3.05, 3.63) is 60.2 Å². The van der Waals surface area contributed by atoms with Crippen LogP contribution in [0.3, 0.4) is 0 Å². The maximum absolute atomic E-state index is 12.2. The Balaban J connectivity index is 1.94. The Kier molecular flexibility index (Phi) is 5.73. The normalized spacial score (nSPS) is 12.2. The molecule has 0 aliphatic heterocycles. The van der Waals surface area contributed by atoms with Crippen molar-refractivity contribution in [1.82, 2.24) is 5.32 Å². The fourth-order valence-electron chi connectivity index (χ4n) is 2.58. The van der Waals surface area contributed by atoms with Crippen molar-refractivity contribution in [3.8, 4) is 11.1 Å². The van der Waals surface area contributed by atoms with Crippen LogP contribution in [0.15, 0.2) is 54.6 Å². The number of amides is 1. The van der Waals surface area contributed by atoms with E-state index in [2.05, 4.69) is 38.5 Å². The number of nitrogens with one attached hydrogen (secondary N) is 2. The summed E-state index contributed by atoms with van der Waals surface area (Å²) >= 11 is 0. The Labute approximate surface area is 133 Å². The zero-order chi connectivity index (χ0) is 15.9. The Morgan fingerprint density at radius 3 is 2.18 bits per heavy atom. The first-order chi connectivity index (χ1) is 10.6. The quantitative estimate of drug-likeness (QED) is 0.838. The number of rotatable bonds is 6. The summed E-state index contributed by atoms with van der Waals surface area (Å²) in [6.45, 7) is 3.92. The molecular weight excluding hydrogens is 272 g/mol. The standard InChI is InChI=1S/C19H24N2O/c1-15(14-21(2)3)13-20-19(22)18-11-9-17(10-12-18)16-7-5-4-6-8-16/h4-12,15H,13-14H2,1-3H3,(H,20,22)/p+1/t15-/m1/s1. The second-order valence-electron chi connectivity index (χ2n) is 6.17. The van der Waals surface area contributed by atoms with Gasteiger partial charge in [0.25, 0.3) is 5.91 Å². The summed E-state index contributed by atoms with van der Waals surface area (Å²) in [5.41, 5.74) is 3.00. The molecule has 0 fully saturated rings. The maximum Gasteiger partial charge on any atom is 0.251 e. The average molecular weight is 297 g/mol. The minimum atomic E-state index is 0.000202. The van der Waals surface area contributed by atoms with Crippen LogP contribution in [0, 0.1) is 5.92 Å². The van der Waals surface area contributed by atoms with Gasteiger partial charge in [-0.05, 0) is 23.3 Å². The zero-order valence-electron chi connectivity index (χ0n) is 13.6. The largest absolute Gasteiger partial charge is 0.352 e. The van der Waals surface area contributed by atoms with E-state index in [-0.39, 0.29) is 5.91 Å². The van der Waals surface area contributed by atoms with Crippen LogP contribution in [0.1, 0.15) is 17.3 Å². The number of hydrogen-bond acceptors (Lipinski definition) is 1. The van der Waals surface area contributed by atoms with E-state index in [0.29, 0.717) is 18.0 Å². The first-order valence-electron chi connectivity index (χ1n) is 7.79. The zero-order valence-corrected chi connectivity index (χ0v) is 13.6. The van der Waals surface area contributed by atoms with Gasteiger partial charge < -0.3 is 10.2 Å². The summed E-state index contributed by atoms with van der Waals surface area (Å²) in [5, 5.41) is 3.01. The molecule has 1 atom stereocenters. The molecule has 0 saturated carbocycles. The average Bonchev–Trinajstić information content (AvgIpc) is 2.53. The predicted molar refractivity (Wildman–Crippen MR) is 91.1 cm³/mol. The van der Waals surface area contributed by atoms with Crippen LogP contribution >= 0.6 is 0 Å². The van der Waals surface area contributed by atoms with Gasteiger partial charge in [0.05, 0.1) is 20.6 Å². The second kappa shape index (κ2) is 7.76. The van der Waals surface area contributed by atoms with E-state index in [0.717, 1.165) is 17.7 Å². The first-order valence-corrected chi connectivity index (χ1v) is 7.79. The smallest absolute Gasteiger partial charge is 0.251 e. The van der Waals surface area contributed by atoms with E-state index in [1.807, 2.05) is 42.5 Å². The summed E-state index contributed by atoms with van der Waals surface area (Å²) in [7, 11) is 4.25. The molecule has 0 aliphatic carbocycles. The molecule has 3 heteroatoms. The van der Waals surface area contributed by atoms with E-state index in [1.54, 1.807) is 0 Å². The number of benzene rings is 2. The third-order valence-corrected chi connectivity index (χ3v) is 3.62. The molecule has 2 aromatic carbocycles. The minimum Gasteiger partial charge on any atom is -0.352 e. The molecule has 2 N–H and O–H groups in total. The Morgan fingerprint density at radius 2 is 1.59 bits per heavy atom. The molecule has 2 rings (SSSR count). The molecule has 0 bridgehead atoms. The van der Waals surface area contributed by atoms with Gasteiger partial charge in [-0.25, -0.2) is 0 Å². The molecule has 0 radical (unpaired) electrons. The van der Waals surface area contributed by atoms with Crippen LogP contribution in [0.4, 0.5) is 0 Å². The second-order valence-corrected chi connectivity index (χ2v) is 6.17. The lowest BCUT2D eigenvalue weighted by Gasteiger charge is -2.15. The summed E-state index contributed by atoms with van der Waals surface area (Å²) in [5.74, 6) is 0.470. The van der Waals surface area contributed by atoms with Crippen LogP contribution in [0.5, 0.6) is 0 Å². The van der Waals surface area contributed by atoms with Gasteiger partial charge in [0.2, 0.25) is 0 Å². The van der Waals surface area contributed by atoms with Gasteiger partial charge in [-0.1, -0.05) is 49.4 Å². The van der Waals surface area contributed by atoms with Crippen LogP contribution in [-0.4, -0.2) is 33.1 Å². The van der Waals surface area contributed by atoms with Crippen molar-refractivity contribution >= 4 is 5.91 Å². The summed E-state index contributed by atoms with van der Waals surface area (Å²) in [6.07, 6.45) is 0. The SMILES string of the molecule is C[C@H](CNC(=O)c1ccc(-c2ccccc2)cc1)C[NH+](C)C. The third kappa shape index (κ3) is 4.71. The Morgan fingerprint density at radius 1 is 1.00 bits per heavy atom. The van der Waals surface area contributed by atoms with Crippen molar-refractivity contribution < 1.29 is 9.69 Å². The number of quaternary nitrogens is 1. The highest BCUT2D eigenvalue weighted by Gasteiger charge is 2.10. The molecule has 0 aromatic heterocycles. The van der Waals surface area contributed by atoms with Gasteiger partial charge in [0.1, 0.15) is 0 Å². The lowest BCUT2D eigenvalue weighted by molar-refractivity contribution is -0.861. The molecule has 0 spiro atoms. The van der Waals surface area contributed by atoms with E-state index in [4.69, 9.17) is 0 Å². The van der Waals surface area contributed by atoms with E-state index in [1.165, 1.54) is 4.90 Å². The number of hydrogen-bond donors (Lipinski definition) is 2. The van der Waals surface area contributed by atoms with Crippen LogP contribution < -0.4 is 10.2 Å². The summed E-state index contributed by atoms with van der Waals surface area (Å²) < 4.78 is 0. The molecule has 2 aromatic rings. The van der Waals surface area contributed by atoms with Gasteiger partial charge in [-0.3, -0.25) is 4.79 Å². The van der Waals surface area contributed by atoms with Gasteiger partial charge in [-0.15, -0.1) is 0 Å². The van der Waals surface area contributed by atoms with Crippen molar-refractivity contribution in [2.45, 2.75) is 6.92 Å². The monoisotopic (exact) mass is 297 g/mol. The van der Waals surface area contributed by atoms with Crippen molar-refractivity contribution in [3.63, 3.8) is 0 Å². The minimum absolute atomic E-state index is 0.000202. The topological polar surface area (TPSA) is 33.5 Å². The molecular formula is C19H25N2O+. The van der Waals surface area contributed by atoms with Crippen molar-refractivity contribution in [2.24, 2.45) is 5.92 Å². The molecule has 0 saturated heterocycles. The van der Waals surface area contributed by atoms with E-state index in [9.17, 15) is 4.79 Å². The van der Waals surface area contributed by atoms with Crippen LogP contribution in [0.25, 0.3) is 11.1 Å². The summed E-state index contributed by atoms with van der Waals surface area (Å²) in [6, 6.07) is 17.9. The highest BCUT2D eigenvalue weighted by Crippen LogP contribution is 2.19. The van der Waals surface area contributed by atoms with E-state index < -0.39 is 0 Å². The number of carbonyl (C=O) groups is 1.